The highest BCUT2D eigenvalue weighted by Crippen LogP contribution is 2.11. The molecule has 1 atom stereocenters. The minimum atomic E-state index is 0.154. The van der Waals surface area contributed by atoms with Crippen LogP contribution in [-0.2, 0) is 22.6 Å². The first-order valence-corrected chi connectivity index (χ1v) is 9.17. The second-order valence-corrected chi connectivity index (χ2v) is 6.81. The molecule has 1 amide bonds. The highest BCUT2D eigenvalue weighted by atomic mass is 16.5. The number of benzene rings is 1. The Balaban J connectivity index is 1.36. The van der Waals surface area contributed by atoms with Crippen LogP contribution in [0.3, 0.4) is 0 Å². The molecule has 0 spiro atoms. The van der Waals surface area contributed by atoms with Crippen molar-refractivity contribution < 1.29 is 9.53 Å². The molecule has 2 aliphatic heterocycles. The van der Waals surface area contributed by atoms with Gasteiger partial charge in [-0.3, -0.25) is 9.69 Å². The number of nitrogens with zero attached hydrogens (tertiary/aromatic N) is 1. The fourth-order valence-corrected chi connectivity index (χ4v) is 3.38. The summed E-state index contributed by atoms with van der Waals surface area (Å²) in [4.78, 5) is 14.4. The van der Waals surface area contributed by atoms with Gasteiger partial charge in [0.25, 0.3) is 0 Å². The minimum absolute atomic E-state index is 0.154. The van der Waals surface area contributed by atoms with Gasteiger partial charge in [-0.15, -0.1) is 0 Å². The number of rotatable bonds is 7. The van der Waals surface area contributed by atoms with Crippen LogP contribution in [0.2, 0.25) is 0 Å². The molecule has 2 aliphatic rings. The normalized spacial score (nSPS) is 21.8. The molecular weight excluding hydrogens is 302 g/mol. The molecule has 2 fully saturated rings. The largest absolute Gasteiger partial charge is 0.379 e. The summed E-state index contributed by atoms with van der Waals surface area (Å²) in [6.07, 6.45) is 4.01. The van der Waals surface area contributed by atoms with Gasteiger partial charge in [-0.25, -0.2) is 0 Å². The van der Waals surface area contributed by atoms with Crippen molar-refractivity contribution in [3.63, 3.8) is 0 Å². The molecular formula is C19H29N3O2. The smallest absolute Gasteiger partial charge is 0.220 e. The Morgan fingerprint density at radius 2 is 1.96 bits per heavy atom. The predicted octanol–water partition coefficient (Wildman–Crippen LogP) is 1.67. The van der Waals surface area contributed by atoms with E-state index in [9.17, 15) is 4.79 Å². The standard InChI is InChI=1S/C19H29N3O2/c23-19(8-7-18-2-1-9-20-18)21-14-16-3-5-17(6-4-16)15-22-10-12-24-13-11-22/h3-6,18,20H,1-2,7-15H2,(H,21,23). The van der Waals surface area contributed by atoms with Gasteiger partial charge in [0, 0.05) is 38.6 Å². The lowest BCUT2D eigenvalue weighted by Gasteiger charge is -2.26. The van der Waals surface area contributed by atoms with Crippen LogP contribution in [0, 0.1) is 0 Å². The Hall–Kier alpha value is -1.43. The molecule has 0 radical (unpaired) electrons. The van der Waals surface area contributed by atoms with Crippen molar-refractivity contribution in [2.24, 2.45) is 0 Å². The van der Waals surface area contributed by atoms with Gasteiger partial charge >= 0.3 is 0 Å². The first-order valence-electron chi connectivity index (χ1n) is 9.17. The Morgan fingerprint density at radius 1 is 1.21 bits per heavy atom. The molecule has 0 aliphatic carbocycles. The van der Waals surface area contributed by atoms with E-state index in [0.717, 1.165) is 51.4 Å². The average molecular weight is 331 g/mol. The molecule has 1 aromatic carbocycles. The Kier molecular flexibility index (Phi) is 6.64. The van der Waals surface area contributed by atoms with Crippen LogP contribution in [0.1, 0.15) is 36.8 Å². The number of hydrogen-bond acceptors (Lipinski definition) is 4. The van der Waals surface area contributed by atoms with Gasteiger partial charge in [-0.1, -0.05) is 24.3 Å². The van der Waals surface area contributed by atoms with E-state index in [1.807, 2.05) is 0 Å². The van der Waals surface area contributed by atoms with E-state index in [1.165, 1.54) is 18.4 Å². The molecule has 24 heavy (non-hydrogen) atoms. The lowest BCUT2D eigenvalue weighted by atomic mass is 10.1. The van der Waals surface area contributed by atoms with Crippen molar-refractivity contribution in [2.75, 3.05) is 32.8 Å². The Morgan fingerprint density at radius 3 is 2.67 bits per heavy atom. The quantitative estimate of drug-likeness (QED) is 0.798. The van der Waals surface area contributed by atoms with Crippen molar-refractivity contribution in [1.82, 2.24) is 15.5 Å². The number of hydrogen-bond donors (Lipinski definition) is 2. The zero-order chi connectivity index (χ0) is 16.6. The highest BCUT2D eigenvalue weighted by Gasteiger charge is 2.15. The zero-order valence-electron chi connectivity index (χ0n) is 14.4. The van der Waals surface area contributed by atoms with Crippen LogP contribution in [0.25, 0.3) is 0 Å². The van der Waals surface area contributed by atoms with Crippen LogP contribution in [-0.4, -0.2) is 49.7 Å². The Bertz CT molecular complexity index is 506. The van der Waals surface area contributed by atoms with Crippen molar-refractivity contribution in [3.8, 4) is 0 Å². The number of morpholine rings is 1. The summed E-state index contributed by atoms with van der Waals surface area (Å²) in [5.74, 6) is 0.154. The van der Waals surface area contributed by atoms with Gasteiger partial charge in [0.2, 0.25) is 5.91 Å². The van der Waals surface area contributed by atoms with Crippen LogP contribution in [0.15, 0.2) is 24.3 Å². The SMILES string of the molecule is O=C(CCC1CCCN1)NCc1ccc(CN2CCOCC2)cc1. The van der Waals surface area contributed by atoms with Crippen LogP contribution in [0.4, 0.5) is 0 Å². The second-order valence-electron chi connectivity index (χ2n) is 6.81. The molecule has 1 aromatic rings. The monoisotopic (exact) mass is 331 g/mol. The van der Waals surface area contributed by atoms with Crippen molar-refractivity contribution >= 4 is 5.91 Å². The minimum Gasteiger partial charge on any atom is -0.379 e. The third-order valence-corrected chi connectivity index (χ3v) is 4.90. The average Bonchev–Trinajstić information content (AvgIpc) is 3.14. The Labute approximate surface area is 144 Å². The number of ether oxygens (including phenoxy) is 1. The maximum Gasteiger partial charge on any atom is 0.220 e. The molecule has 2 saturated heterocycles. The van der Waals surface area contributed by atoms with Crippen molar-refractivity contribution in [3.05, 3.63) is 35.4 Å². The summed E-state index contributed by atoms with van der Waals surface area (Å²) in [7, 11) is 0. The third kappa shape index (κ3) is 5.58. The van der Waals surface area contributed by atoms with Gasteiger partial charge in [0.15, 0.2) is 0 Å². The van der Waals surface area contributed by atoms with Gasteiger partial charge < -0.3 is 15.4 Å². The maximum atomic E-state index is 11.9. The molecule has 3 rings (SSSR count). The fourth-order valence-electron chi connectivity index (χ4n) is 3.38. The van der Waals surface area contributed by atoms with Crippen molar-refractivity contribution in [1.29, 1.82) is 0 Å². The summed E-state index contributed by atoms with van der Waals surface area (Å²) in [6.45, 7) is 6.38. The van der Waals surface area contributed by atoms with Gasteiger partial charge in [0.05, 0.1) is 13.2 Å². The first kappa shape index (κ1) is 17.4. The number of carbonyl (C=O) groups excluding carboxylic acids is 1. The predicted molar refractivity (Wildman–Crippen MR) is 94.6 cm³/mol. The molecule has 132 valence electrons. The van der Waals surface area contributed by atoms with E-state index in [0.29, 0.717) is 19.0 Å². The van der Waals surface area contributed by atoms with E-state index < -0.39 is 0 Å². The van der Waals surface area contributed by atoms with E-state index in [4.69, 9.17) is 4.74 Å². The fraction of sp³-hybridized carbons (Fsp3) is 0.632. The zero-order valence-corrected chi connectivity index (χ0v) is 14.4. The molecule has 0 bridgehead atoms. The summed E-state index contributed by atoms with van der Waals surface area (Å²) in [5.41, 5.74) is 2.48. The summed E-state index contributed by atoms with van der Waals surface area (Å²) in [5, 5.41) is 6.46. The van der Waals surface area contributed by atoms with E-state index in [1.54, 1.807) is 0 Å². The number of amides is 1. The van der Waals surface area contributed by atoms with Gasteiger partial charge in [-0.2, -0.15) is 0 Å². The highest BCUT2D eigenvalue weighted by molar-refractivity contribution is 5.75. The molecule has 5 heteroatoms. The number of carbonyl (C=O) groups is 1. The molecule has 1 unspecified atom stereocenters. The van der Waals surface area contributed by atoms with E-state index in [2.05, 4.69) is 39.8 Å². The third-order valence-electron chi connectivity index (χ3n) is 4.90. The van der Waals surface area contributed by atoms with Crippen LogP contribution in [0.5, 0.6) is 0 Å². The van der Waals surface area contributed by atoms with Gasteiger partial charge in [0.1, 0.15) is 0 Å². The van der Waals surface area contributed by atoms with Crippen LogP contribution < -0.4 is 10.6 Å². The molecule has 0 saturated carbocycles. The van der Waals surface area contributed by atoms with Crippen LogP contribution >= 0.6 is 0 Å². The molecule has 2 N–H and O–H groups in total. The van der Waals surface area contributed by atoms with Crippen molar-refractivity contribution in [2.45, 2.75) is 44.8 Å². The van der Waals surface area contributed by atoms with E-state index in [-0.39, 0.29) is 5.91 Å². The topological polar surface area (TPSA) is 53.6 Å². The number of nitrogens with one attached hydrogen (secondary N) is 2. The summed E-state index contributed by atoms with van der Waals surface area (Å²) >= 11 is 0. The summed E-state index contributed by atoms with van der Waals surface area (Å²) in [6, 6.07) is 9.11. The lowest BCUT2D eigenvalue weighted by molar-refractivity contribution is -0.121. The molecule has 2 heterocycles. The summed E-state index contributed by atoms with van der Waals surface area (Å²) < 4.78 is 5.38. The molecule has 5 nitrogen and oxygen atoms in total. The first-order chi connectivity index (χ1) is 11.8. The second kappa shape index (κ2) is 9.16. The van der Waals surface area contributed by atoms with Gasteiger partial charge in [-0.05, 0) is 36.9 Å². The molecule has 0 aromatic heterocycles. The lowest BCUT2D eigenvalue weighted by Crippen LogP contribution is -2.35. The maximum absolute atomic E-state index is 11.9. The van der Waals surface area contributed by atoms with E-state index >= 15 is 0 Å².